The monoisotopic (exact) mass is 255 g/mol. The largest absolute Gasteiger partial charge is 0.381 e. The van der Waals surface area contributed by atoms with Crippen molar-refractivity contribution in [3.05, 3.63) is 0 Å². The Bertz CT molecular complexity index is 251. The summed E-state index contributed by atoms with van der Waals surface area (Å²) in [5.41, 5.74) is 6.48. The van der Waals surface area contributed by atoms with Crippen LogP contribution in [0.4, 0.5) is 0 Å². The maximum absolute atomic E-state index is 6.61. The number of hydrogen-bond donors (Lipinski definition) is 1. The standard InChI is InChI=1S/C15H29NO2/c1-3-12-5-4-6-13(11-12)14(16)15(17-2)7-9-18-10-8-15/h12-14H,3-11,16H2,1-2H3. The smallest absolute Gasteiger partial charge is 0.0875 e. The highest BCUT2D eigenvalue weighted by molar-refractivity contribution is 4.97. The Morgan fingerprint density at radius 2 is 2.06 bits per heavy atom. The zero-order valence-electron chi connectivity index (χ0n) is 12.0. The van der Waals surface area contributed by atoms with Crippen LogP contribution in [0.5, 0.6) is 0 Å². The van der Waals surface area contributed by atoms with Crippen molar-refractivity contribution in [1.29, 1.82) is 0 Å². The van der Waals surface area contributed by atoms with Crippen LogP contribution >= 0.6 is 0 Å². The highest BCUT2D eigenvalue weighted by Gasteiger charge is 2.43. The van der Waals surface area contributed by atoms with E-state index >= 15 is 0 Å². The average molecular weight is 255 g/mol. The summed E-state index contributed by atoms with van der Waals surface area (Å²) < 4.78 is 11.3. The molecule has 2 rings (SSSR count). The summed E-state index contributed by atoms with van der Waals surface area (Å²) >= 11 is 0. The summed E-state index contributed by atoms with van der Waals surface area (Å²) in [7, 11) is 1.82. The zero-order valence-corrected chi connectivity index (χ0v) is 12.0. The van der Waals surface area contributed by atoms with Gasteiger partial charge in [-0.3, -0.25) is 0 Å². The average Bonchev–Trinajstić information content (AvgIpc) is 2.47. The second-order valence-electron chi connectivity index (χ2n) is 6.11. The molecule has 2 aliphatic rings. The van der Waals surface area contributed by atoms with Crippen LogP contribution in [-0.2, 0) is 9.47 Å². The highest BCUT2D eigenvalue weighted by Crippen LogP contribution is 2.39. The van der Waals surface area contributed by atoms with Gasteiger partial charge >= 0.3 is 0 Å². The molecule has 0 aromatic heterocycles. The first-order valence-corrected chi connectivity index (χ1v) is 7.60. The molecule has 1 saturated heterocycles. The van der Waals surface area contributed by atoms with Crippen LogP contribution in [0.25, 0.3) is 0 Å². The molecule has 106 valence electrons. The van der Waals surface area contributed by atoms with Gasteiger partial charge in [-0.2, -0.15) is 0 Å². The molecular weight excluding hydrogens is 226 g/mol. The van der Waals surface area contributed by atoms with Gasteiger partial charge < -0.3 is 15.2 Å². The number of rotatable bonds is 4. The van der Waals surface area contributed by atoms with E-state index in [1.165, 1.54) is 32.1 Å². The topological polar surface area (TPSA) is 44.5 Å². The quantitative estimate of drug-likeness (QED) is 0.840. The fourth-order valence-electron chi connectivity index (χ4n) is 3.85. The van der Waals surface area contributed by atoms with Crippen molar-refractivity contribution in [2.75, 3.05) is 20.3 Å². The molecule has 0 aromatic carbocycles. The van der Waals surface area contributed by atoms with E-state index in [1.807, 2.05) is 7.11 Å². The van der Waals surface area contributed by atoms with Crippen molar-refractivity contribution < 1.29 is 9.47 Å². The lowest BCUT2D eigenvalue weighted by atomic mass is 9.70. The van der Waals surface area contributed by atoms with Gasteiger partial charge in [0.1, 0.15) is 0 Å². The molecule has 0 amide bonds. The minimum Gasteiger partial charge on any atom is -0.381 e. The number of methoxy groups -OCH3 is 1. The third kappa shape index (κ3) is 2.89. The molecule has 1 aliphatic heterocycles. The lowest BCUT2D eigenvalue weighted by Gasteiger charge is -2.45. The van der Waals surface area contributed by atoms with E-state index in [0.29, 0.717) is 5.92 Å². The van der Waals surface area contributed by atoms with Gasteiger partial charge in [0.2, 0.25) is 0 Å². The van der Waals surface area contributed by atoms with E-state index in [2.05, 4.69) is 6.92 Å². The van der Waals surface area contributed by atoms with E-state index in [-0.39, 0.29) is 11.6 Å². The van der Waals surface area contributed by atoms with Crippen LogP contribution in [0.15, 0.2) is 0 Å². The molecule has 0 aromatic rings. The summed E-state index contributed by atoms with van der Waals surface area (Å²) in [5.74, 6) is 1.52. The fourth-order valence-corrected chi connectivity index (χ4v) is 3.85. The molecule has 0 radical (unpaired) electrons. The first-order chi connectivity index (χ1) is 8.72. The SMILES string of the molecule is CCC1CCCC(C(N)C2(OC)CCOCC2)C1. The third-order valence-corrected chi connectivity index (χ3v) is 5.26. The lowest BCUT2D eigenvalue weighted by molar-refractivity contribution is -0.116. The second-order valence-corrected chi connectivity index (χ2v) is 6.11. The zero-order chi connectivity index (χ0) is 13.0. The molecule has 3 atom stereocenters. The Hall–Kier alpha value is -0.120. The van der Waals surface area contributed by atoms with Crippen molar-refractivity contribution in [2.45, 2.75) is 63.5 Å². The molecule has 0 bridgehead atoms. The van der Waals surface area contributed by atoms with Crippen LogP contribution in [0.3, 0.4) is 0 Å². The number of hydrogen-bond acceptors (Lipinski definition) is 3. The third-order valence-electron chi connectivity index (χ3n) is 5.26. The first-order valence-electron chi connectivity index (χ1n) is 7.60. The Labute approximate surface area is 111 Å². The molecule has 3 heteroatoms. The molecule has 1 heterocycles. The van der Waals surface area contributed by atoms with Crippen LogP contribution < -0.4 is 5.73 Å². The summed E-state index contributed by atoms with van der Waals surface area (Å²) in [6.45, 7) is 3.90. The second kappa shape index (κ2) is 6.36. The van der Waals surface area contributed by atoms with Gasteiger partial charge in [0.15, 0.2) is 0 Å². The predicted octanol–water partition coefficient (Wildman–Crippen LogP) is 2.73. The van der Waals surface area contributed by atoms with Gasteiger partial charge in [-0.1, -0.05) is 26.2 Å². The maximum Gasteiger partial charge on any atom is 0.0875 e. The van der Waals surface area contributed by atoms with Gasteiger partial charge in [-0.15, -0.1) is 0 Å². The molecule has 18 heavy (non-hydrogen) atoms. The fraction of sp³-hybridized carbons (Fsp3) is 1.00. The van der Waals surface area contributed by atoms with Gasteiger partial charge in [0.05, 0.1) is 5.60 Å². The molecule has 2 fully saturated rings. The van der Waals surface area contributed by atoms with Crippen LogP contribution in [0, 0.1) is 11.8 Å². The summed E-state index contributed by atoms with van der Waals surface area (Å²) in [5, 5.41) is 0. The van der Waals surface area contributed by atoms with Gasteiger partial charge in [0.25, 0.3) is 0 Å². The maximum atomic E-state index is 6.61. The highest BCUT2D eigenvalue weighted by atomic mass is 16.5. The molecular formula is C15H29NO2. The Morgan fingerprint density at radius 1 is 1.33 bits per heavy atom. The Balaban J connectivity index is 2.01. The van der Waals surface area contributed by atoms with Crippen LogP contribution in [-0.4, -0.2) is 32.0 Å². The van der Waals surface area contributed by atoms with Crippen LogP contribution in [0.1, 0.15) is 51.9 Å². The molecule has 2 N–H and O–H groups in total. The summed E-state index contributed by atoms with van der Waals surface area (Å²) in [6.07, 6.45) is 8.52. The number of nitrogens with two attached hydrogens (primary N) is 1. The first kappa shape index (κ1) is 14.3. The molecule has 1 aliphatic carbocycles. The van der Waals surface area contributed by atoms with Gasteiger partial charge in [-0.05, 0) is 24.7 Å². The van der Waals surface area contributed by atoms with Crippen molar-refractivity contribution in [3.63, 3.8) is 0 Å². The minimum atomic E-state index is -0.126. The normalized spacial score (nSPS) is 34.2. The predicted molar refractivity (Wildman–Crippen MR) is 73.5 cm³/mol. The number of ether oxygens (including phenoxy) is 2. The molecule has 3 nitrogen and oxygen atoms in total. The summed E-state index contributed by atoms with van der Waals surface area (Å²) in [4.78, 5) is 0. The van der Waals surface area contributed by atoms with Gasteiger partial charge in [0, 0.05) is 39.2 Å². The van der Waals surface area contributed by atoms with Crippen molar-refractivity contribution in [3.8, 4) is 0 Å². The molecule has 3 unspecified atom stereocenters. The minimum absolute atomic E-state index is 0.126. The summed E-state index contributed by atoms with van der Waals surface area (Å²) in [6, 6.07) is 0.181. The van der Waals surface area contributed by atoms with Gasteiger partial charge in [-0.25, -0.2) is 0 Å². The van der Waals surface area contributed by atoms with Crippen molar-refractivity contribution in [1.82, 2.24) is 0 Å². The van der Waals surface area contributed by atoms with E-state index in [9.17, 15) is 0 Å². The van der Waals surface area contributed by atoms with Crippen LogP contribution in [0.2, 0.25) is 0 Å². The van der Waals surface area contributed by atoms with E-state index in [0.717, 1.165) is 32.0 Å². The van der Waals surface area contributed by atoms with E-state index < -0.39 is 0 Å². The van der Waals surface area contributed by atoms with Crippen molar-refractivity contribution >= 4 is 0 Å². The Morgan fingerprint density at radius 3 is 2.67 bits per heavy atom. The lowest BCUT2D eigenvalue weighted by Crippen LogP contribution is -2.56. The van der Waals surface area contributed by atoms with E-state index in [4.69, 9.17) is 15.2 Å². The molecule has 0 spiro atoms. The Kier molecular flexibility index (Phi) is 5.05. The van der Waals surface area contributed by atoms with E-state index in [1.54, 1.807) is 0 Å². The molecule has 1 saturated carbocycles. The van der Waals surface area contributed by atoms with Crippen molar-refractivity contribution in [2.24, 2.45) is 17.6 Å².